The third-order valence-electron chi connectivity index (χ3n) is 8.08. The molecular weight excluding hydrogens is 312 g/mol. The Hall–Kier alpha value is -1.16. The molecule has 25 heavy (non-hydrogen) atoms. The van der Waals surface area contributed by atoms with Crippen molar-refractivity contribution in [2.75, 3.05) is 13.2 Å². The van der Waals surface area contributed by atoms with E-state index in [1.54, 1.807) is 5.57 Å². The molecule has 0 spiro atoms. The van der Waals surface area contributed by atoms with E-state index in [0.29, 0.717) is 30.3 Å². The lowest BCUT2D eigenvalue weighted by atomic mass is 9.47. The minimum atomic E-state index is -0.0178. The van der Waals surface area contributed by atoms with E-state index in [2.05, 4.69) is 25.1 Å². The third kappa shape index (κ3) is 2.59. The lowest BCUT2D eigenvalue weighted by molar-refractivity contribution is -0.132. The van der Waals surface area contributed by atoms with Crippen LogP contribution in [0.25, 0.3) is 0 Å². The first-order chi connectivity index (χ1) is 12.0. The Balaban J connectivity index is 1.58. The van der Waals surface area contributed by atoms with Crippen molar-refractivity contribution < 1.29 is 9.63 Å². The van der Waals surface area contributed by atoms with Crippen LogP contribution in [0.15, 0.2) is 16.8 Å². The number of oxime groups is 1. The topological polar surface area (TPSA) is 64.7 Å². The quantitative estimate of drug-likeness (QED) is 0.625. The van der Waals surface area contributed by atoms with Gasteiger partial charge in [0.25, 0.3) is 0 Å². The Labute approximate surface area is 151 Å². The van der Waals surface area contributed by atoms with Gasteiger partial charge in [-0.05, 0) is 74.2 Å². The van der Waals surface area contributed by atoms with E-state index in [0.717, 1.165) is 49.7 Å². The molecule has 3 saturated carbocycles. The van der Waals surface area contributed by atoms with Gasteiger partial charge in [-0.2, -0.15) is 0 Å². The van der Waals surface area contributed by atoms with Crippen LogP contribution in [0.4, 0.5) is 0 Å². The van der Waals surface area contributed by atoms with Crippen LogP contribution in [-0.4, -0.2) is 24.6 Å². The van der Waals surface area contributed by atoms with Gasteiger partial charge in [0, 0.05) is 18.4 Å². The smallest absolute Gasteiger partial charge is 0.139 e. The predicted octanol–water partition coefficient (Wildman–Crippen LogP) is 3.85. The first kappa shape index (κ1) is 17.3. The maximum atomic E-state index is 12.5. The highest BCUT2D eigenvalue weighted by Gasteiger charge is 2.58. The molecule has 4 nitrogen and oxygen atoms in total. The normalized spacial score (nSPS) is 44.8. The number of nitrogens with two attached hydrogens (primary N) is 1. The molecule has 0 saturated heterocycles. The molecule has 0 radical (unpaired) electrons. The summed E-state index contributed by atoms with van der Waals surface area (Å²) in [4.78, 5) is 17.8. The van der Waals surface area contributed by atoms with Gasteiger partial charge in [-0.3, -0.25) is 4.79 Å². The number of fused-ring (bicyclic) bond motifs is 5. The van der Waals surface area contributed by atoms with Gasteiger partial charge >= 0.3 is 0 Å². The molecule has 4 heteroatoms. The minimum absolute atomic E-state index is 0.0178. The summed E-state index contributed by atoms with van der Waals surface area (Å²) in [7, 11) is 0. The molecule has 0 aromatic heterocycles. The predicted molar refractivity (Wildman–Crippen MR) is 99.2 cm³/mol. The highest BCUT2D eigenvalue weighted by atomic mass is 16.6. The largest absolute Gasteiger partial charge is 0.394 e. The third-order valence-corrected chi connectivity index (χ3v) is 8.08. The molecular formula is C21H32N2O2. The monoisotopic (exact) mass is 344 g/mol. The summed E-state index contributed by atoms with van der Waals surface area (Å²) >= 11 is 0. The van der Waals surface area contributed by atoms with Crippen LogP contribution in [-0.2, 0) is 9.63 Å². The van der Waals surface area contributed by atoms with Gasteiger partial charge in [0.2, 0.25) is 0 Å². The van der Waals surface area contributed by atoms with Crippen LogP contribution in [0, 0.1) is 28.6 Å². The molecule has 3 unspecified atom stereocenters. The van der Waals surface area contributed by atoms with Crippen LogP contribution in [0.3, 0.4) is 0 Å². The van der Waals surface area contributed by atoms with Gasteiger partial charge < -0.3 is 10.6 Å². The highest BCUT2D eigenvalue weighted by molar-refractivity contribution is 5.96. The van der Waals surface area contributed by atoms with Crippen LogP contribution in [0.5, 0.6) is 0 Å². The van der Waals surface area contributed by atoms with Crippen molar-refractivity contribution in [1.29, 1.82) is 0 Å². The molecule has 4 aliphatic rings. The summed E-state index contributed by atoms with van der Waals surface area (Å²) in [6.45, 7) is 5.74. The number of carbonyl (C=O) groups excluding carboxylic acids is 1. The maximum absolute atomic E-state index is 12.5. The molecule has 4 aliphatic carbocycles. The molecule has 5 atom stereocenters. The SMILES string of the molecule is C[C@]12CC/C(=N/OCCN)C=C1CCC1C2CC[C@]2(C)C(=O)CCC12. The van der Waals surface area contributed by atoms with Gasteiger partial charge in [-0.15, -0.1) is 0 Å². The van der Waals surface area contributed by atoms with Crippen molar-refractivity contribution in [3.63, 3.8) is 0 Å². The number of nitrogens with zero attached hydrogens (tertiary/aromatic N) is 1. The number of allylic oxidation sites excluding steroid dienone is 2. The standard InChI is InChI=1S/C21H32N2O2/c1-20-9-7-15(23-25-12-11-22)13-14(20)3-4-16-17-5-6-19(24)21(17,2)10-8-18(16)20/h13,16-18H,3-12,22H2,1-2H3/b23-15-/t16?,17?,18?,20-,21-/m0/s1. The van der Waals surface area contributed by atoms with Crippen LogP contribution < -0.4 is 5.73 Å². The first-order valence-electron chi connectivity index (χ1n) is 10.1. The van der Waals surface area contributed by atoms with Gasteiger partial charge in [0.1, 0.15) is 12.4 Å². The fourth-order valence-corrected chi connectivity index (χ4v) is 6.60. The molecule has 0 aromatic carbocycles. The summed E-state index contributed by atoms with van der Waals surface area (Å²) in [5.41, 5.74) is 8.40. The number of hydrogen-bond donors (Lipinski definition) is 1. The molecule has 0 bridgehead atoms. The Morgan fingerprint density at radius 2 is 1.92 bits per heavy atom. The average Bonchev–Trinajstić information content (AvgIpc) is 2.90. The molecule has 0 aromatic rings. The second-order valence-corrected chi connectivity index (χ2v) is 9.13. The van der Waals surface area contributed by atoms with Crippen molar-refractivity contribution in [3.05, 3.63) is 11.6 Å². The van der Waals surface area contributed by atoms with E-state index < -0.39 is 0 Å². The van der Waals surface area contributed by atoms with E-state index in [4.69, 9.17) is 10.6 Å². The minimum Gasteiger partial charge on any atom is -0.394 e. The zero-order valence-electron chi connectivity index (χ0n) is 15.7. The number of hydrogen-bond acceptors (Lipinski definition) is 4. The second kappa shape index (κ2) is 6.22. The van der Waals surface area contributed by atoms with Crippen LogP contribution in [0.1, 0.15) is 65.2 Å². The summed E-state index contributed by atoms with van der Waals surface area (Å²) in [6.07, 6.45) is 11.1. The van der Waals surface area contributed by atoms with Gasteiger partial charge in [0.15, 0.2) is 0 Å². The zero-order chi connectivity index (χ0) is 17.7. The lowest BCUT2D eigenvalue weighted by Crippen LogP contribution is -2.50. The van der Waals surface area contributed by atoms with Crippen LogP contribution in [0.2, 0.25) is 0 Å². The van der Waals surface area contributed by atoms with E-state index in [9.17, 15) is 4.79 Å². The molecule has 2 N–H and O–H groups in total. The fourth-order valence-electron chi connectivity index (χ4n) is 6.60. The Bertz CT molecular complexity index is 625. The number of ketones is 1. The second-order valence-electron chi connectivity index (χ2n) is 9.13. The number of Topliss-reactive ketones (excluding diaryl/α,β-unsaturated/α-hetero) is 1. The lowest BCUT2D eigenvalue weighted by Gasteiger charge is -2.57. The summed E-state index contributed by atoms with van der Waals surface area (Å²) in [6, 6.07) is 0. The molecule has 4 rings (SSSR count). The Kier molecular flexibility index (Phi) is 4.30. The van der Waals surface area contributed by atoms with Crippen LogP contribution >= 0.6 is 0 Å². The maximum Gasteiger partial charge on any atom is 0.139 e. The van der Waals surface area contributed by atoms with Gasteiger partial charge in [-0.1, -0.05) is 24.6 Å². The van der Waals surface area contributed by atoms with E-state index in [1.807, 2.05) is 0 Å². The average molecular weight is 344 g/mol. The van der Waals surface area contributed by atoms with Crippen molar-refractivity contribution >= 4 is 11.5 Å². The van der Waals surface area contributed by atoms with Crippen molar-refractivity contribution in [2.24, 2.45) is 39.5 Å². The molecule has 3 fully saturated rings. The van der Waals surface area contributed by atoms with E-state index in [-0.39, 0.29) is 5.41 Å². The molecule has 0 aliphatic heterocycles. The van der Waals surface area contributed by atoms with Gasteiger partial charge in [-0.25, -0.2) is 0 Å². The molecule has 0 amide bonds. The van der Waals surface area contributed by atoms with Crippen molar-refractivity contribution in [1.82, 2.24) is 0 Å². The fraction of sp³-hybridized carbons (Fsp3) is 0.810. The molecule has 138 valence electrons. The van der Waals surface area contributed by atoms with Gasteiger partial charge in [0.05, 0.1) is 5.71 Å². The summed E-state index contributed by atoms with van der Waals surface area (Å²) in [5, 5.41) is 4.29. The summed E-state index contributed by atoms with van der Waals surface area (Å²) in [5.74, 6) is 2.64. The van der Waals surface area contributed by atoms with Crippen molar-refractivity contribution in [3.8, 4) is 0 Å². The number of rotatable bonds is 3. The van der Waals surface area contributed by atoms with Crippen molar-refractivity contribution in [2.45, 2.75) is 65.2 Å². The Morgan fingerprint density at radius 1 is 1.12 bits per heavy atom. The molecule has 0 heterocycles. The van der Waals surface area contributed by atoms with E-state index in [1.165, 1.54) is 19.3 Å². The highest BCUT2D eigenvalue weighted by Crippen LogP contribution is 2.64. The summed E-state index contributed by atoms with van der Waals surface area (Å²) < 4.78 is 0. The Morgan fingerprint density at radius 3 is 2.72 bits per heavy atom. The number of carbonyl (C=O) groups is 1. The van der Waals surface area contributed by atoms with E-state index >= 15 is 0 Å². The zero-order valence-corrected chi connectivity index (χ0v) is 15.7. The first-order valence-corrected chi connectivity index (χ1v) is 10.1.